The number of carbonyl (C=O) groups is 3. The number of hydrogen-bond donors (Lipinski definition) is 3. The summed E-state index contributed by atoms with van der Waals surface area (Å²) < 4.78 is 13.2. The molecule has 178 valence electrons. The van der Waals surface area contributed by atoms with Crippen molar-refractivity contribution in [2.45, 2.75) is 31.7 Å². The van der Waals surface area contributed by atoms with E-state index in [9.17, 15) is 18.8 Å². The fourth-order valence-corrected chi connectivity index (χ4v) is 4.18. The third kappa shape index (κ3) is 5.16. The van der Waals surface area contributed by atoms with Crippen LogP contribution in [-0.2, 0) is 6.42 Å². The molecule has 3 aromatic carbocycles. The van der Waals surface area contributed by atoms with Gasteiger partial charge in [-0.05, 0) is 91.9 Å². The first-order valence-corrected chi connectivity index (χ1v) is 11.7. The van der Waals surface area contributed by atoms with Crippen LogP contribution < -0.4 is 20.9 Å². The molecule has 1 aliphatic heterocycles. The summed E-state index contributed by atoms with van der Waals surface area (Å²) in [6, 6.07) is 17.7. The number of nitrogens with one attached hydrogen (secondary N) is 3. The van der Waals surface area contributed by atoms with Gasteiger partial charge in [-0.3, -0.25) is 9.59 Å². The predicted molar refractivity (Wildman–Crippen MR) is 132 cm³/mol. The Labute approximate surface area is 202 Å². The Morgan fingerprint density at radius 3 is 2.29 bits per heavy atom. The monoisotopic (exact) mass is 472 g/mol. The zero-order chi connectivity index (χ0) is 24.4. The SMILES string of the molecule is O=C(Nc1ccc(C(=O)N2CCCc3c(NC(=O)c4ccc(F)cc4)cccc32)cc1)NC1CC1. The van der Waals surface area contributed by atoms with Crippen LogP contribution in [0.25, 0.3) is 0 Å². The van der Waals surface area contributed by atoms with E-state index in [1.165, 1.54) is 24.3 Å². The van der Waals surface area contributed by atoms with Crippen molar-refractivity contribution < 1.29 is 18.8 Å². The highest BCUT2D eigenvalue weighted by atomic mass is 19.1. The molecule has 0 spiro atoms. The third-order valence-electron chi connectivity index (χ3n) is 6.15. The molecule has 5 rings (SSSR count). The maximum absolute atomic E-state index is 13.3. The summed E-state index contributed by atoms with van der Waals surface area (Å²) >= 11 is 0. The number of hydrogen-bond acceptors (Lipinski definition) is 3. The van der Waals surface area contributed by atoms with Crippen LogP contribution in [0.2, 0.25) is 0 Å². The van der Waals surface area contributed by atoms with Crippen LogP contribution in [0.4, 0.5) is 26.2 Å². The molecule has 0 bridgehead atoms. The van der Waals surface area contributed by atoms with Gasteiger partial charge in [0.2, 0.25) is 0 Å². The summed E-state index contributed by atoms with van der Waals surface area (Å²) in [5.74, 6) is -0.893. The predicted octanol–water partition coefficient (Wildman–Crippen LogP) is 4.95. The number of carbonyl (C=O) groups excluding carboxylic acids is 3. The highest BCUT2D eigenvalue weighted by molar-refractivity contribution is 6.09. The third-order valence-corrected chi connectivity index (χ3v) is 6.15. The molecule has 7 nitrogen and oxygen atoms in total. The number of anilines is 3. The van der Waals surface area contributed by atoms with Crippen LogP contribution in [0.3, 0.4) is 0 Å². The number of fused-ring (bicyclic) bond motifs is 1. The quantitative estimate of drug-likeness (QED) is 0.491. The molecule has 1 heterocycles. The first kappa shape index (κ1) is 22.6. The Bertz CT molecular complexity index is 1270. The van der Waals surface area contributed by atoms with Gasteiger partial charge >= 0.3 is 6.03 Å². The molecule has 2 aliphatic rings. The van der Waals surface area contributed by atoms with Gasteiger partial charge in [-0.2, -0.15) is 0 Å². The lowest BCUT2D eigenvalue weighted by Crippen LogP contribution is -2.36. The second-order valence-electron chi connectivity index (χ2n) is 8.77. The Morgan fingerprint density at radius 1 is 0.857 bits per heavy atom. The molecular weight excluding hydrogens is 447 g/mol. The standard InChI is InChI=1S/C27H25FN4O3/c28-19-10-6-17(7-11-19)25(33)31-23-4-1-5-24-22(23)3-2-16-32(24)26(34)18-8-12-20(13-9-18)29-27(35)30-21-14-15-21/h1,4-13,21H,2-3,14-16H2,(H,31,33)(H2,29,30,35). The normalized spacial score (nSPS) is 14.6. The van der Waals surface area contributed by atoms with Crippen molar-refractivity contribution in [3.8, 4) is 0 Å². The summed E-state index contributed by atoms with van der Waals surface area (Å²) in [4.78, 5) is 39.7. The zero-order valence-corrected chi connectivity index (χ0v) is 19.0. The molecule has 0 radical (unpaired) electrons. The Kier molecular flexibility index (Phi) is 6.18. The minimum Gasteiger partial charge on any atom is -0.335 e. The smallest absolute Gasteiger partial charge is 0.319 e. The van der Waals surface area contributed by atoms with E-state index in [0.29, 0.717) is 29.0 Å². The summed E-state index contributed by atoms with van der Waals surface area (Å²) in [7, 11) is 0. The van der Waals surface area contributed by atoms with Gasteiger partial charge in [0, 0.05) is 40.8 Å². The van der Waals surface area contributed by atoms with E-state index >= 15 is 0 Å². The van der Waals surface area contributed by atoms with E-state index in [2.05, 4.69) is 16.0 Å². The van der Waals surface area contributed by atoms with Gasteiger partial charge in [0.25, 0.3) is 11.8 Å². The molecule has 1 saturated carbocycles. The highest BCUT2D eigenvalue weighted by Crippen LogP contribution is 2.34. The van der Waals surface area contributed by atoms with Gasteiger partial charge in [-0.15, -0.1) is 0 Å². The van der Waals surface area contributed by atoms with Crippen LogP contribution in [0.1, 0.15) is 45.5 Å². The minimum atomic E-state index is -0.405. The zero-order valence-electron chi connectivity index (χ0n) is 19.0. The van der Waals surface area contributed by atoms with Crippen molar-refractivity contribution in [3.05, 3.63) is 89.2 Å². The average Bonchev–Trinajstić information content (AvgIpc) is 3.68. The maximum Gasteiger partial charge on any atom is 0.319 e. The van der Waals surface area contributed by atoms with E-state index in [-0.39, 0.29) is 23.9 Å². The number of halogens is 1. The second kappa shape index (κ2) is 9.58. The van der Waals surface area contributed by atoms with E-state index in [0.717, 1.165) is 36.9 Å². The Balaban J connectivity index is 1.31. The lowest BCUT2D eigenvalue weighted by molar-refractivity contribution is 0.0984. The van der Waals surface area contributed by atoms with E-state index in [4.69, 9.17) is 0 Å². The summed E-state index contributed by atoms with van der Waals surface area (Å²) in [6.07, 6.45) is 3.49. The second-order valence-corrected chi connectivity index (χ2v) is 8.77. The molecule has 1 aliphatic carbocycles. The number of rotatable bonds is 5. The molecular formula is C27H25FN4O3. The van der Waals surface area contributed by atoms with Crippen molar-refractivity contribution in [2.75, 3.05) is 22.1 Å². The van der Waals surface area contributed by atoms with E-state index in [1.54, 1.807) is 41.3 Å². The fourth-order valence-electron chi connectivity index (χ4n) is 4.18. The molecule has 1 fully saturated rings. The number of amides is 4. The Hall–Kier alpha value is -4.20. The average molecular weight is 473 g/mol. The largest absolute Gasteiger partial charge is 0.335 e. The van der Waals surface area contributed by atoms with Gasteiger partial charge in [-0.1, -0.05) is 6.07 Å². The lowest BCUT2D eigenvalue weighted by atomic mass is 9.98. The van der Waals surface area contributed by atoms with Gasteiger partial charge in [0.1, 0.15) is 5.82 Å². The Morgan fingerprint density at radius 2 is 1.57 bits per heavy atom. The first-order chi connectivity index (χ1) is 17.0. The summed E-state index contributed by atoms with van der Waals surface area (Å²) in [5.41, 5.74) is 3.75. The number of benzene rings is 3. The molecule has 3 aromatic rings. The summed E-state index contributed by atoms with van der Waals surface area (Å²) in [5, 5.41) is 8.55. The topological polar surface area (TPSA) is 90.5 Å². The van der Waals surface area contributed by atoms with Crippen LogP contribution in [0, 0.1) is 5.82 Å². The molecule has 3 N–H and O–H groups in total. The molecule has 0 unspecified atom stereocenters. The van der Waals surface area contributed by atoms with Gasteiger partial charge in [0.05, 0.1) is 0 Å². The molecule has 0 aromatic heterocycles. The van der Waals surface area contributed by atoms with Crippen LogP contribution in [0.15, 0.2) is 66.7 Å². The van der Waals surface area contributed by atoms with Crippen LogP contribution >= 0.6 is 0 Å². The number of nitrogens with zero attached hydrogens (tertiary/aromatic N) is 1. The fraction of sp³-hybridized carbons (Fsp3) is 0.222. The van der Waals surface area contributed by atoms with E-state index < -0.39 is 5.82 Å². The minimum absolute atomic E-state index is 0.151. The molecule has 0 atom stereocenters. The number of urea groups is 1. The van der Waals surface area contributed by atoms with Crippen LogP contribution in [-0.4, -0.2) is 30.4 Å². The summed E-state index contributed by atoms with van der Waals surface area (Å²) in [6.45, 7) is 0.561. The van der Waals surface area contributed by atoms with Crippen molar-refractivity contribution >= 4 is 34.9 Å². The highest BCUT2D eigenvalue weighted by Gasteiger charge is 2.26. The van der Waals surface area contributed by atoms with Crippen LogP contribution in [0.5, 0.6) is 0 Å². The van der Waals surface area contributed by atoms with Gasteiger partial charge in [-0.25, -0.2) is 9.18 Å². The van der Waals surface area contributed by atoms with Crippen molar-refractivity contribution in [2.24, 2.45) is 0 Å². The molecule has 35 heavy (non-hydrogen) atoms. The van der Waals surface area contributed by atoms with Gasteiger partial charge in [0.15, 0.2) is 0 Å². The van der Waals surface area contributed by atoms with Crippen molar-refractivity contribution in [1.29, 1.82) is 0 Å². The van der Waals surface area contributed by atoms with Crippen molar-refractivity contribution in [3.63, 3.8) is 0 Å². The molecule has 0 saturated heterocycles. The van der Waals surface area contributed by atoms with E-state index in [1.807, 2.05) is 6.07 Å². The molecule has 4 amide bonds. The van der Waals surface area contributed by atoms with Crippen molar-refractivity contribution in [1.82, 2.24) is 5.32 Å². The lowest BCUT2D eigenvalue weighted by Gasteiger charge is -2.31. The van der Waals surface area contributed by atoms with Gasteiger partial charge < -0.3 is 20.9 Å². The molecule has 8 heteroatoms. The first-order valence-electron chi connectivity index (χ1n) is 11.7. The maximum atomic E-state index is 13.3.